The Morgan fingerprint density at radius 3 is 2.71 bits per heavy atom. The Balaban J connectivity index is 0.00000144. The number of hydrogen-bond acceptors (Lipinski definition) is 5. The van der Waals surface area contributed by atoms with Crippen molar-refractivity contribution < 1.29 is 4.79 Å². The van der Waals surface area contributed by atoms with Gasteiger partial charge in [0.05, 0.1) is 21.3 Å². The van der Waals surface area contributed by atoms with Crippen molar-refractivity contribution in [2.75, 3.05) is 13.1 Å². The molecule has 3 rings (SSSR count). The molecule has 0 aromatic carbocycles. The molecule has 9 heteroatoms. The SMILES string of the molecule is CC1(NC(=O)Cc2csc(-c3ccc(Cl)s3)n2)CCNCC1.Cl.Cl. The normalized spacial score (nSPS) is 15.9. The molecule has 1 aliphatic rings. The molecule has 0 spiro atoms. The Morgan fingerprint density at radius 2 is 2.08 bits per heavy atom. The standard InChI is InChI=1S/C15H18ClN3OS2.2ClH/c1-15(4-6-17-7-5-15)19-13(20)8-10-9-21-14(18-10)11-2-3-12(16)22-11;;/h2-3,9,17H,4-8H2,1H3,(H,19,20);2*1H. The van der Waals surface area contributed by atoms with Gasteiger partial charge in [-0.05, 0) is 45.0 Å². The van der Waals surface area contributed by atoms with E-state index in [1.54, 1.807) is 11.3 Å². The lowest BCUT2D eigenvalue weighted by molar-refractivity contribution is -0.122. The van der Waals surface area contributed by atoms with E-state index in [1.165, 1.54) is 11.3 Å². The highest BCUT2D eigenvalue weighted by Crippen LogP contribution is 2.33. The van der Waals surface area contributed by atoms with Crippen LogP contribution in [0.5, 0.6) is 0 Å². The summed E-state index contributed by atoms with van der Waals surface area (Å²) in [5.41, 5.74) is 0.724. The van der Waals surface area contributed by atoms with E-state index in [0.29, 0.717) is 6.42 Å². The van der Waals surface area contributed by atoms with Gasteiger partial charge in [-0.15, -0.1) is 47.5 Å². The first-order valence-corrected chi connectivity index (χ1v) is 9.33. The third-order valence-corrected chi connectivity index (χ3v) is 6.12. The largest absolute Gasteiger partial charge is 0.351 e. The van der Waals surface area contributed by atoms with Gasteiger partial charge >= 0.3 is 0 Å². The van der Waals surface area contributed by atoms with Crippen molar-refractivity contribution in [2.24, 2.45) is 0 Å². The molecule has 1 fully saturated rings. The van der Waals surface area contributed by atoms with Gasteiger partial charge in [0.25, 0.3) is 0 Å². The van der Waals surface area contributed by atoms with Crippen molar-refractivity contribution in [2.45, 2.75) is 31.7 Å². The highest BCUT2D eigenvalue weighted by atomic mass is 35.5. The molecule has 2 aromatic rings. The maximum Gasteiger partial charge on any atom is 0.226 e. The summed E-state index contributed by atoms with van der Waals surface area (Å²) >= 11 is 9.01. The molecule has 2 N–H and O–H groups in total. The predicted octanol–water partition coefficient (Wildman–Crippen LogP) is 4.17. The maximum absolute atomic E-state index is 12.3. The van der Waals surface area contributed by atoms with Gasteiger partial charge < -0.3 is 10.6 Å². The third kappa shape index (κ3) is 5.58. The average molecular weight is 429 g/mol. The molecule has 0 bridgehead atoms. The van der Waals surface area contributed by atoms with Gasteiger partial charge in [0, 0.05) is 10.9 Å². The number of carbonyl (C=O) groups excluding carboxylic acids is 1. The second kappa shape index (κ2) is 9.36. The first-order chi connectivity index (χ1) is 10.5. The number of thiazole rings is 1. The number of nitrogens with one attached hydrogen (secondary N) is 2. The monoisotopic (exact) mass is 427 g/mol. The molecule has 24 heavy (non-hydrogen) atoms. The van der Waals surface area contributed by atoms with E-state index in [9.17, 15) is 4.79 Å². The summed E-state index contributed by atoms with van der Waals surface area (Å²) in [4.78, 5) is 17.8. The van der Waals surface area contributed by atoms with E-state index in [0.717, 1.165) is 45.8 Å². The van der Waals surface area contributed by atoms with Crippen LogP contribution in [0, 0.1) is 0 Å². The minimum atomic E-state index is -0.0948. The Morgan fingerprint density at radius 1 is 1.38 bits per heavy atom. The molecular formula is C15H20Cl3N3OS2. The van der Waals surface area contributed by atoms with Crippen molar-refractivity contribution in [3.05, 3.63) is 27.5 Å². The van der Waals surface area contributed by atoms with E-state index in [1.807, 2.05) is 17.5 Å². The minimum absolute atomic E-state index is 0. The summed E-state index contributed by atoms with van der Waals surface area (Å²) in [6.07, 6.45) is 2.27. The van der Waals surface area contributed by atoms with Crippen molar-refractivity contribution in [3.8, 4) is 9.88 Å². The number of piperidine rings is 1. The van der Waals surface area contributed by atoms with E-state index in [-0.39, 0.29) is 36.3 Å². The van der Waals surface area contributed by atoms with Crippen molar-refractivity contribution in [1.29, 1.82) is 0 Å². The van der Waals surface area contributed by atoms with E-state index < -0.39 is 0 Å². The topological polar surface area (TPSA) is 54.0 Å². The van der Waals surface area contributed by atoms with Gasteiger partial charge in [-0.1, -0.05) is 11.6 Å². The lowest BCUT2D eigenvalue weighted by atomic mass is 9.90. The molecule has 0 atom stereocenters. The van der Waals surface area contributed by atoms with Crippen LogP contribution in [0.15, 0.2) is 17.5 Å². The maximum atomic E-state index is 12.3. The van der Waals surface area contributed by atoms with Gasteiger partial charge in [-0.2, -0.15) is 0 Å². The lowest BCUT2D eigenvalue weighted by Gasteiger charge is -2.34. The highest BCUT2D eigenvalue weighted by molar-refractivity contribution is 7.23. The number of hydrogen-bond donors (Lipinski definition) is 2. The lowest BCUT2D eigenvalue weighted by Crippen LogP contribution is -2.52. The van der Waals surface area contributed by atoms with Gasteiger partial charge in [0.2, 0.25) is 5.91 Å². The van der Waals surface area contributed by atoms with Gasteiger partial charge in [-0.3, -0.25) is 4.79 Å². The third-order valence-electron chi connectivity index (χ3n) is 3.83. The molecule has 134 valence electrons. The number of aromatic nitrogens is 1. The van der Waals surface area contributed by atoms with Crippen molar-refractivity contribution >= 4 is 65.0 Å². The van der Waals surface area contributed by atoms with Crippen LogP contribution in [-0.2, 0) is 11.2 Å². The summed E-state index contributed by atoms with van der Waals surface area (Å²) in [7, 11) is 0. The summed E-state index contributed by atoms with van der Waals surface area (Å²) in [6, 6.07) is 3.83. The fraction of sp³-hybridized carbons (Fsp3) is 0.467. The van der Waals surface area contributed by atoms with E-state index in [2.05, 4.69) is 22.5 Å². The second-order valence-electron chi connectivity index (χ2n) is 5.78. The Bertz CT molecular complexity index is 668. The number of amides is 1. The van der Waals surface area contributed by atoms with E-state index in [4.69, 9.17) is 11.6 Å². The summed E-state index contributed by atoms with van der Waals surface area (Å²) in [5, 5.41) is 9.35. The first-order valence-electron chi connectivity index (χ1n) is 7.26. The molecule has 0 radical (unpaired) electrons. The molecule has 0 saturated carbocycles. The summed E-state index contributed by atoms with van der Waals surface area (Å²) in [5.74, 6) is 0.0467. The van der Waals surface area contributed by atoms with Crippen LogP contribution in [0.4, 0.5) is 0 Å². The summed E-state index contributed by atoms with van der Waals surface area (Å²) in [6.45, 7) is 4.03. The molecule has 0 aliphatic carbocycles. The fourth-order valence-electron chi connectivity index (χ4n) is 2.58. The molecule has 2 aromatic heterocycles. The quantitative estimate of drug-likeness (QED) is 0.768. The average Bonchev–Trinajstić information content (AvgIpc) is 3.08. The van der Waals surface area contributed by atoms with Crippen LogP contribution >= 0.6 is 59.1 Å². The fourth-order valence-corrected chi connectivity index (χ4v) is 4.51. The zero-order valence-corrected chi connectivity index (χ0v) is 17.2. The Kier molecular flexibility index (Phi) is 8.45. The van der Waals surface area contributed by atoms with Crippen LogP contribution in [0.1, 0.15) is 25.5 Å². The molecule has 1 amide bonds. The Labute approximate surface area is 167 Å². The molecule has 1 aliphatic heterocycles. The van der Waals surface area contributed by atoms with Crippen molar-refractivity contribution in [3.63, 3.8) is 0 Å². The van der Waals surface area contributed by atoms with Crippen LogP contribution in [-0.4, -0.2) is 29.5 Å². The van der Waals surface area contributed by atoms with Crippen LogP contribution in [0.25, 0.3) is 9.88 Å². The molecule has 0 unspecified atom stereocenters. The number of halogens is 3. The molecule has 1 saturated heterocycles. The number of carbonyl (C=O) groups is 1. The smallest absolute Gasteiger partial charge is 0.226 e. The zero-order valence-electron chi connectivity index (χ0n) is 13.1. The predicted molar refractivity (Wildman–Crippen MR) is 107 cm³/mol. The van der Waals surface area contributed by atoms with Crippen molar-refractivity contribution in [1.82, 2.24) is 15.6 Å². The number of nitrogens with zero attached hydrogens (tertiary/aromatic N) is 1. The first kappa shape index (κ1) is 21.7. The highest BCUT2D eigenvalue weighted by Gasteiger charge is 2.28. The number of thiophene rings is 1. The van der Waals surface area contributed by atoms with Gasteiger partial charge in [-0.25, -0.2) is 4.98 Å². The van der Waals surface area contributed by atoms with Gasteiger partial charge in [0.1, 0.15) is 5.01 Å². The van der Waals surface area contributed by atoms with Gasteiger partial charge in [0.15, 0.2) is 0 Å². The Hall–Kier alpha value is -0.370. The van der Waals surface area contributed by atoms with Crippen LogP contribution < -0.4 is 10.6 Å². The van der Waals surface area contributed by atoms with Crippen LogP contribution in [0.3, 0.4) is 0 Å². The van der Waals surface area contributed by atoms with E-state index >= 15 is 0 Å². The zero-order chi connectivity index (χ0) is 15.6. The number of rotatable bonds is 4. The summed E-state index contributed by atoms with van der Waals surface area (Å²) < 4.78 is 0.753. The second-order valence-corrected chi connectivity index (χ2v) is 8.36. The minimum Gasteiger partial charge on any atom is -0.351 e. The van der Waals surface area contributed by atoms with Crippen LogP contribution in [0.2, 0.25) is 4.34 Å². The molecule has 4 nitrogen and oxygen atoms in total. The molecular weight excluding hydrogens is 409 g/mol. The molecule has 3 heterocycles.